The van der Waals surface area contributed by atoms with Crippen molar-refractivity contribution >= 4 is 12.0 Å². The minimum absolute atomic E-state index is 0.128. The molecule has 162 valence electrons. The smallest absolute Gasteiger partial charge is 0.272 e. The van der Waals surface area contributed by atoms with Crippen LogP contribution < -0.4 is 10.1 Å². The summed E-state index contributed by atoms with van der Waals surface area (Å²) < 4.78 is 12.0. The fraction of sp³-hybridized carbons (Fsp3) is 0.455. The maximum Gasteiger partial charge on any atom is 0.272 e. The normalized spacial score (nSPS) is 14.1. The van der Waals surface area contributed by atoms with Crippen molar-refractivity contribution in [1.82, 2.24) is 20.0 Å². The third-order valence-electron chi connectivity index (χ3n) is 5.22. The summed E-state index contributed by atoms with van der Waals surface area (Å²) in [7, 11) is 5.08. The Morgan fingerprint density at radius 1 is 1.37 bits per heavy atom. The molecule has 0 fully saturated rings. The van der Waals surface area contributed by atoms with Crippen molar-refractivity contribution in [3.8, 4) is 11.5 Å². The van der Waals surface area contributed by atoms with Gasteiger partial charge in [0.2, 0.25) is 0 Å². The Kier molecular flexibility index (Phi) is 7.48. The summed E-state index contributed by atoms with van der Waals surface area (Å²) >= 11 is 0. The van der Waals surface area contributed by atoms with Crippen LogP contribution in [0.5, 0.6) is 11.5 Å². The third-order valence-corrected chi connectivity index (χ3v) is 5.22. The fourth-order valence-electron chi connectivity index (χ4n) is 3.62. The van der Waals surface area contributed by atoms with E-state index in [1.807, 2.05) is 23.9 Å². The summed E-state index contributed by atoms with van der Waals surface area (Å²) in [4.78, 5) is 14.9. The molecule has 0 saturated heterocycles. The molecule has 3 rings (SSSR count). The first kappa shape index (κ1) is 21.9. The number of nitrogens with one attached hydrogen (secondary N) is 1. The molecule has 2 aromatic rings. The van der Waals surface area contributed by atoms with Gasteiger partial charge in [0.1, 0.15) is 0 Å². The van der Waals surface area contributed by atoms with Gasteiger partial charge in [0.05, 0.1) is 7.11 Å². The molecule has 0 saturated carbocycles. The maximum atomic E-state index is 12.6. The molecule has 30 heavy (non-hydrogen) atoms. The predicted molar refractivity (Wildman–Crippen MR) is 115 cm³/mol. The average Bonchev–Trinajstić information content (AvgIpc) is 3.08. The van der Waals surface area contributed by atoms with Crippen LogP contribution in [-0.2, 0) is 24.8 Å². The number of phenols is 1. The van der Waals surface area contributed by atoms with E-state index in [-0.39, 0.29) is 11.7 Å². The van der Waals surface area contributed by atoms with Crippen molar-refractivity contribution < 1.29 is 19.4 Å². The standard InChI is InChI=1S/C22H30N4O4/c1-25-18-9-12-26(11-4-6-16-7-8-19(27)20(14-16)30-3)15-17(18)21(24-25)22(28)23-10-5-13-29-2/h4,6-8,14,27H,5,9-13,15H2,1-3H3,(H,23,28)/b6-4+. The molecule has 0 unspecified atom stereocenters. The van der Waals surface area contributed by atoms with E-state index in [1.165, 1.54) is 7.11 Å². The van der Waals surface area contributed by atoms with E-state index in [9.17, 15) is 9.90 Å². The molecule has 1 aliphatic heterocycles. The highest BCUT2D eigenvalue weighted by Gasteiger charge is 2.26. The third kappa shape index (κ3) is 5.20. The van der Waals surface area contributed by atoms with E-state index in [0.29, 0.717) is 31.1 Å². The second kappa shape index (κ2) is 10.3. The number of ether oxygens (including phenoxy) is 2. The number of fused-ring (bicyclic) bond motifs is 1. The van der Waals surface area contributed by atoms with Gasteiger partial charge in [0.15, 0.2) is 17.2 Å². The van der Waals surface area contributed by atoms with E-state index < -0.39 is 0 Å². The highest BCUT2D eigenvalue weighted by atomic mass is 16.5. The minimum atomic E-state index is -0.128. The summed E-state index contributed by atoms with van der Waals surface area (Å²) in [6, 6.07) is 5.27. The summed E-state index contributed by atoms with van der Waals surface area (Å²) in [6.45, 7) is 3.54. The van der Waals surface area contributed by atoms with Gasteiger partial charge in [0.25, 0.3) is 5.91 Å². The molecule has 1 aromatic carbocycles. The SMILES string of the molecule is COCCCNC(=O)c1nn(C)c2c1CN(C/C=C/c1ccc(O)c(OC)c1)CC2. The quantitative estimate of drug-likeness (QED) is 0.610. The summed E-state index contributed by atoms with van der Waals surface area (Å²) in [5.41, 5.74) is 3.61. The predicted octanol–water partition coefficient (Wildman–Crippen LogP) is 1.97. The number of hydrogen-bond donors (Lipinski definition) is 2. The van der Waals surface area contributed by atoms with Gasteiger partial charge >= 0.3 is 0 Å². The molecule has 0 bridgehead atoms. The van der Waals surface area contributed by atoms with Crippen LogP contribution in [0.15, 0.2) is 24.3 Å². The Balaban J connectivity index is 1.62. The van der Waals surface area contributed by atoms with Gasteiger partial charge in [0, 0.05) is 64.6 Å². The lowest BCUT2D eigenvalue weighted by Crippen LogP contribution is -2.33. The van der Waals surface area contributed by atoms with Gasteiger partial charge in [-0.25, -0.2) is 0 Å². The first-order valence-corrected chi connectivity index (χ1v) is 10.1. The van der Waals surface area contributed by atoms with E-state index >= 15 is 0 Å². The minimum Gasteiger partial charge on any atom is -0.504 e. The number of benzene rings is 1. The molecule has 1 amide bonds. The molecule has 0 atom stereocenters. The van der Waals surface area contributed by atoms with E-state index in [2.05, 4.69) is 21.4 Å². The number of carbonyl (C=O) groups excluding carboxylic acids is 1. The van der Waals surface area contributed by atoms with E-state index in [4.69, 9.17) is 9.47 Å². The number of aromatic nitrogens is 2. The second-order valence-corrected chi connectivity index (χ2v) is 7.32. The van der Waals surface area contributed by atoms with Crippen LogP contribution in [0, 0.1) is 0 Å². The van der Waals surface area contributed by atoms with Crippen LogP contribution in [-0.4, -0.2) is 66.2 Å². The number of methoxy groups -OCH3 is 2. The Morgan fingerprint density at radius 3 is 2.97 bits per heavy atom. The van der Waals surface area contributed by atoms with Crippen LogP contribution in [0.2, 0.25) is 0 Å². The van der Waals surface area contributed by atoms with Crippen LogP contribution in [0.1, 0.15) is 33.7 Å². The molecule has 2 heterocycles. The zero-order chi connectivity index (χ0) is 21.5. The molecule has 0 spiro atoms. The van der Waals surface area contributed by atoms with Crippen LogP contribution in [0.25, 0.3) is 6.08 Å². The molecule has 2 N–H and O–H groups in total. The van der Waals surface area contributed by atoms with Gasteiger partial charge in [-0.05, 0) is 24.1 Å². The Bertz CT molecular complexity index is 907. The van der Waals surface area contributed by atoms with Crippen molar-refractivity contribution in [3.05, 3.63) is 46.8 Å². The number of nitrogens with zero attached hydrogens (tertiary/aromatic N) is 3. The second-order valence-electron chi connectivity index (χ2n) is 7.32. The Hall–Kier alpha value is -2.84. The molecular weight excluding hydrogens is 384 g/mol. The fourth-order valence-corrected chi connectivity index (χ4v) is 3.62. The monoisotopic (exact) mass is 414 g/mol. The van der Waals surface area contributed by atoms with Gasteiger partial charge in [-0.15, -0.1) is 0 Å². The lowest BCUT2D eigenvalue weighted by atomic mass is 10.0. The lowest BCUT2D eigenvalue weighted by Gasteiger charge is -2.26. The summed E-state index contributed by atoms with van der Waals surface area (Å²) in [6.07, 6.45) is 5.72. The van der Waals surface area contributed by atoms with Gasteiger partial charge in [-0.2, -0.15) is 5.10 Å². The number of amides is 1. The van der Waals surface area contributed by atoms with Gasteiger partial charge < -0.3 is 19.9 Å². The topological polar surface area (TPSA) is 88.9 Å². The average molecular weight is 415 g/mol. The number of aryl methyl sites for hydroxylation is 1. The van der Waals surface area contributed by atoms with E-state index in [0.717, 1.165) is 42.8 Å². The first-order valence-electron chi connectivity index (χ1n) is 10.1. The molecule has 0 radical (unpaired) electrons. The number of carbonyl (C=O) groups is 1. The Morgan fingerprint density at radius 2 is 2.20 bits per heavy atom. The van der Waals surface area contributed by atoms with Gasteiger partial charge in [-0.1, -0.05) is 18.2 Å². The summed E-state index contributed by atoms with van der Waals surface area (Å²) in [5.74, 6) is 0.454. The number of rotatable bonds is 9. The zero-order valence-electron chi connectivity index (χ0n) is 17.9. The highest BCUT2D eigenvalue weighted by Crippen LogP contribution is 2.27. The van der Waals surface area contributed by atoms with Crippen LogP contribution in [0.4, 0.5) is 0 Å². The van der Waals surface area contributed by atoms with Crippen molar-refractivity contribution in [1.29, 1.82) is 0 Å². The van der Waals surface area contributed by atoms with Crippen LogP contribution >= 0.6 is 0 Å². The molecule has 1 aliphatic rings. The van der Waals surface area contributed by atoms with Crippen molar-refractivity contribution in [3.63, 3.8) is 0 Å². The number of hydrogen-bond acceptors (Lipinski definition) is 6. The highest BCUT2D eigenvalue weighted by molar-refractivity contribution is 5.94. The van der Waals surface area contributed by atoms with Gasteiger partial charge in [-0.3, -0.25) is 14.4 Å². The zero-order valence-corrected chi connectivity index (χ0v) is 17.9. The molecule has 0 aliphatic carbocycles. The molecule has 8 heteroatoms. The lowest BCUT2D eigenvalue weighted by molar-refractivity contribution is 0.0941. The number of phenolic OH excluding ortho intramolecular Hbond substituents is 1. The molecule has 8 nitrogen and oxygen atoms in total. The molecular formula is C22H30N4O4. The Labute approximate surface area is 177 Å². The molecule has 1 aromatic heterocycles. The maximum absolute atomic E-state index is 12.6. The van der Waals surface area contributed by atoms with E-state index in [1.54, 1.807) is 19.2 Å². The number of aromatic hydroxyl groups is 1. The first-order chi connectivity index (χ1) is 14.5. The summed E-state index contributed by atoms with van der Waals surface area (Å²) in [5, 5.41) is 17.1. The van der Waals surface area contributed by atoms with Crippen molar-refractivity contribution in [2.75, 3.05) is 40.5 Å². The largest absolute Gasteiger partial charge is 0.504 e. The van der Waals surface area contributed by atoms with Crippen molar-refractivity contribution in [2.24, 2.45) is 7.05 Å². The van der Waals surface area contributed by atoms with Crippen LogP contribution in [0.3, 0.4) is 0 Å². The van der Waals surface area contributed by atoms with Crippen molar-refractivity contribution in [2.45, 2.75) is 19.4 Å².